The fourth-order valence-corrected chi connectivity index (χ4v) is 2.02. The molecule has 0 amide bonds. The highest BCUT2D eigenvalue weighted by atomic mass is 79.9. The van der Waals surface area contributed by atoms with E-state index in [4.69, 9.17) is 0 Å². The van der Waals surface area contributed by atoms with E-state index >= 15 is 0 Å². The van der Waals surface area contributed by atoms with Gasteiger partial charge in [0.2, 0.25) is 0 Å². The molecular formula is C14H32BrN. The van der Waals surface area contributed by atoms with E-state index in [1.54, 1.807) is 0 Å². The van der Waals surface area contributed by atoms with Gasteiger partial charge in [-0.2, -0.15) is 0 Å². The molecule has 0 aliphatic carbocycles. The molecule has 0 unspecified atom stereocenters. The number of nitrogens with zero attached hydrogens (tertiary/aromatic N) is 1. The predicted molar refractivity (Wildman–Crippen MR) is 70.1 cm³/mol. The van der Waals surface area contributed by atoms with Crippen molar-refractivity contribution in [1.29, 1.82) is 0 Å². The molecule has 0 saturated heterocycles. The van der Waals surface area contributed by atoms with E-state index < -0.39 is 0 Å². The number of hydrogen-bond acceptors (Lipinski definition) is 0. The van der Waals surface area contributed by atoms with Gasteiger partial charge >= 0.3 is 0 Å². The molecule has 0 rings (SSSR count). The Morgan fingerprint density at radius 1 is 0.625 bits per heavy atom. The Balaban J connectivity index is 0. The minimum atomic E-state index is 0. The van der Waals surface area contributed by atoms with Gasteiger partial charge in [0.15, 0.2) is 0 Å². The Labute approximate surface area is 114 Å². The SMILES string of the molecule is CCCCCCCC[N+](C)(C)CCCC.[Br-]. The Morgan fingerprint density at radius 3 is 1.62 bits per heavy atom. The van der Waals surface area contributed by atoms with E-state index in [9.17, 15) is 0 Å². The van der Waals surface area contributed by atoms with Crippen molar-refractivity contribution in [2.24, 2.45) is 0 Å². The summed E-state index contributed by atoms with van der Waals surface area (Å²) in [6.07, 6.45) is 11.2. The zero-order valence-corrected chi connectivity index (χ0v) is 13.5. The molecule has 0 aromatic carbocycles. The zero-order valence-electron chi connectivity index (χ0n) is 11.9. The van der Waals surface area contributed by atoms with Crippen LogP contribution in [0.4, 0.5) is 0 Å². The first kappa shape index (κ1) is 18.8. The van der Waals surface area contributed by atoms with Gasteiger partial charge in [0, 0.05) is 0 Å². The Hall–Kier alpha value is 0.440. The van der Waals surface area contributed by atoms with Crippen molar-refractivity contribution in [3.05, 3.63) is 0 Å². The van der Waals surface area contributed by atoms with Gasteiger partial charge in [-0.3, -0.25) is 0 Å². The fraction of sp³-hybridized carbons (Fsp3) is 1.00. The molecule has 0 aromatic rings. The highest BCUT2D eigenvalue weighted by Crippen LogP contribution is 2.09. The van der Waals surface area contributed by atoms with Crippen LogP contribution in [0, 0.1) is 0 Å². The predicted octanol–water partition coefficient (Wildman–Crippen LogP) is 1.23. The van der Waals surface area contributed by atoms with E-state index in [0.29, 0.717) is 0 Å². The first-order valence-electron chi connectivity index (χ1n) is 6.94. The van der Waals surface area contributed by atoms with Crippen molar-refractivity contribution in [3.8, 4) is 0 Å². The first-order chi connectivity index (χ1) is 7.12. The lowest BCUT2D eigenvalue weighted by Gasteiger charge is -2.29. The minimum absolute atomic E-state index is 0. The summed E-state index contributed by atoms with van der Waals surface area (Å²) in [6, 6.07) is 0. The Morgan fingerprint density at radius 2 is 1.06 bits per heavy atom. The van der Waals surface area contributed by atoms with Crippen LogP contribution in [0.1, 0.15) is 65.2 Å². The number of halogens is 1. The van der Waals surface area contributed by atoms with Gasteiger partial charge in [-0.15, -0.1) is 0 Å². The largest absolute Gasteiger partial charge is 1.00 e. The quantitative estimate of drug-likeness (QED) is 0.420. The van der Waals surface area contributed by atoms with E-state index in [1.165, 1.54) is 68.9 Å². The second-order valence-electron chi connectivity index (χ2n) is 5.50. The average Bonchev–Trinajstić information content (AvgIpc) is 2.20. The van der Waals surface area contributed by atoms with Crippen LogP contribution in [-0.4, -0.2) is 31.7 Å². The number of hydrogen-bond donors (Lipinski definition) is 0. The van der Waals surface area contributed by atoms with Crippen LogP contribution in [0.15, 0.2) is 0 Å². The van der Waals surface area contributed by atoms with Crippen LogP contribution in [0.25, 0.3) is 0 Å². The monoisotopic (exact) mass is 293 g/mol. The molecule has 100 valence electrons. The molecule has 0 N–H and O–H groups in total. The molecule has 1 nitrogen and oxygen atoms in total. The molecule has 0 aliphatic heterocycles. The molecule has 0 aromatic heterocycles. The number of unbranched alkanes of at least 4 members (excludes halogenated alkanes) is 6. The maximum atomic E-state index is 2.38. The summed E-state index contributed by atoms with van der Waals surface area (Å²) in [5.74, 6) is 0. The molecule has 16 heavy (non-hydrogen) atoms. The van der Waals surface area contributed by atoms with E-state index in [1.807, 2.05) is 0 Å². The summed E-state index contributed by atoms with van der Waals surface area (Å²) in [5.41, 5.74) is 0. The lowest BCUT2D eigenvalue weighted by atomic mass is 10.1. The molecule has 2 heteroatoms. The topological polar surface area (TPSA) is 0 Å². The van der Waals surface area contributed by atoms with Gasteiger partial charge in [0.25, 0.3) is 0 Å². The third kappa shape index (κ3) is 12.5. The fourth-order valence-electron chi connectivity index (χ4n) is 2.02. The number of quaternary nitrogens is 1. The van der Waals surface area contributed by atoms with E-state index in [-0.39, 0.29) is 17.0 Å². The molecule has 0 radical (unpaired) electrons. The van der Waals surface area contributed by atoms with Crippen molar-refractivity contribution < 1.29 is 21.5 Å². The standard InChI is InChI=1S/C14H32N.BrH/c1-5-7-9-10-11-12-14-15(3,4)13-8-6-2;/h5-14H2,1-4H3;1H/q+1;/p-1. The second-order valence-corrected chi connectivity index (χ2v) is 5.50. The van der Waals surface area contributed by atoms with Crippen molar-refractivity contribution in [2.45, 2.75) is 65.2 Å². The van der Waals surface area contributed by atoms with Crippen molar-refractivity contribution in [2.75, 3.05) is 27.2 Å². The smallest absolute Gasteiger partial charge is 0.0782 e. The highest BCUT2D eigenvalue weighted by molar-refractivity contribution is 4.44. The molecule has 0 bridgehead atoms. The third-order valence-electron chi connectivity index (χ3n) is 3.23. The van der Waals surface area contributed by atoms with Crippen LogP contribution < -0.4 is 17.0 Å². The van der Waals surface area contributed by atoms with Gasteiger partial charge in [0.1, 0.15) is 0 Å². The molecule has 0 aliphatic rings. The third-order valence-corrected chi connectivity index (χ3v) is 3.23. The molecule has 0 spiro atoms. The van der Waals surface area contributed by atoms with Crippen molar-refractivity contribution in [1.82, 2.24) is 0 Å². The highest BCUT2D eigenvalue weighted by Gasteiger charge is 2.12. The van der Waals surface area contributed by atoms with Gasteiger partial charge in [-0.05, 0) is 19.3 Å². The van der Waals surface area contributed by atoms with Gasteiger partial charge in [0.05, 0.1) is 27.2 Å². The molecule has 0 fully saturated rings. The van der Waals surface area contributed by atoms with Crippen molar-refractivity contribution in [3.63, 3.8) is 0 Å². The summed E-state index contributed by atoms with van der Waals surface area (Å²) in [4.78, 5) is 0. The van der Waals surface area contributed by atoms with Crippen LogP contribution in [0.3, 0.4) is 0 Å². The molecule has 0 saturated carbocycles. The van der Waals surface area contributed by atoms with Crippen LogP contribution in [-0.2, 0) is 0 Å². The second kappa shape index (κ2) is 11.9. The van der Waals surface area contributed by atoms with Crippen LogP contribution in [0.2, 0.25) is 0 Å². The summed E-state index contributed by atoms with van der Waals surface area (Å²) in [6.45, 7) is 7.28. The zero-order chi connectivity index (χ0) is 11.6. The maximum absolute atomic E-state index is 2.38. The number of rotatable bonds is 10. The van der Waals surface area contributed by atoms with Gasteiger partial charge in [-0.25, -0.2) is 0 Å². The Kier molecular flexibility index (Phi) is 14.0. The van der Waals surface area contributed by atoms with Crippen molar-refractivity contribution >= 4 is 0 Å². The summed E-state index contributed by atoms with van der Waals surface area (Å²) < 4.78 is 1.22. The molecule has 0 atom stereocenters. The molecule has 0 heterocycles. The lowest BCUT2D eigenvalue weighted by molar-refractivity contribution is -0.890. The molecular weight excluding hydrogens is 262 g/mol. The maximum Gasteiger partial charge on any atom is 0.0782 e. The van der Waals surface area contributed by atoms with Crippen LogP contribution >= 0.6 is 0 Å². The average molecular weight is 294 g/mol. The first-order valence-corrected chi connectivity index (χ1v) is 6.94. The minimum Gasteiger partial charge on any atom is -1.00 e. The van der Waals surface area contributed by atoms with Gasteiger partial charge in [-0.1, -0.05) is 46.0 Å². The van der Waals surface area contributed by atoms with E-state index in [2.05, 4.69) is 27.9 Å². The summed E-state index contributed by atoms with van der Waals surface area (Å²) >= 11 is 0. The normalized spacial score (nSPS) is 11.2. The summed E-state index contributed by atoms with van der Waals surface area (Å²) in [5, 5.41) is 0. The lowest BCUT2D eigenvalue weighted by Crippen LogP contribution is -3.00. The van der Waals surface area contributed by atoms with E-state index in [0.717, 1.165) is 0 Å². The van der Waals surface area contributed by atoms with Gasteiger partial charge < -0.3 is 21.5 Å². The summed E-state index contributed by atoms with van der Waals surface area (Å²) in [7, 11) is 4.75. The van der Waals surface area contributed by atoms with Crippen LogP contribution in [0.5, 0.6) is 0 Å². The Bertz CT molecular complexity index is 135.